The molecule has 234 valence electrons. The number of hydrogen-bond donors (Lipinski definition) is 2. The van der Waals surface area contributed by atoms with Crippen molar-refractivity contribution in [1.82, 2.24) is 15.0 Å². The van der Waals surface area contributed by atoms with Gasteiger partial charge in [-0.1, -0.05) is 6.07 Å². The molecule has 4 aromatic rings. The Morgan fingerprint density at radius 1 is 1.07 bits per heavy atom. The number of pyridine rings is 2. The molecule has 1 aliphatic heterocycles. The smallest absolute Gasteiger partial charge is 0.426 e. The maximum atomic E-state index is 15.1. The monoisotopic (exact) mass is 620 g/mol. The van der Waals surface area contributed by atoms with Crippen molar-refractivity contribution in [2.24, 2.45) is 0 Å². The number of rotatable bonds is 9. The van der Waals surface area contributed by atoms with E-state index < -0.39 is 29.6 Å². The average Bonchev–Trinajstić information content (AvgIpc) is 3.03. The van der Waals surface area contributed by atoms with Crippen LogP contribution in [0.2, 0.25) is 0 Å². The number of anilines is 5. The van der Waals surface area contributed by atoms with Gasteiger partial charge in [0, 0.05) is 31.2 Å². The molecule has 3 aromatic heterocycles. The van der Waals surface area contributed by atoms with Crippen LogP contribution in [0.3, 0.4) is 0 Å². The quantitative estimate of drug-likeness (QED) is 0.251. The number of nitrogens with zero attached hydrogens (tertiary/aromatic N) is 5. The van der Waals surface area contributed by atoms with Gasteiger partial charge in [0.2, 0.25) is 11.7 Å². The van der Waals surface area contributed by atoms with Crippen LogP contribution in [0.4, 0.5) is 38.3 Å². The summed E-state index contributed by atoms with van der Waals surface area (Å²) in [4.78, 5) is 39.9. The number of aromatic nitrogens is 4. The third-order valence-electron chi connectivity index (χ3n) is 6.70. The number of methoxy groups -OCH3 is 3. The standard InChI is InChI=1S/C30H30FN7O7/c1-17(37-12-8-7-9-13-37)44-29(40)38(18-14-21(41-4)24(43-6)22(15-18)42-5)28-32-16-19(31)25(36-28)33-23-11-10-20-26(34-23)35-27(39)30(2,3)45-20/h7-17H,1-6H3,(H-,32,33,34,35,36,39)/p+1. The Morgan fingerprint density at radius 2 is 1.76 bits per heavy atom. The second kappa shape index (κ2) is 12.5. The van der Waals surface area contributed by atoms with Crippen LogP contribution in [0.15, 0.2) is 61.1 Å². The number of carbonyl (C=O) groups excluding carboxylic acids is 2. The molecule has 1 atom stereocenters. The predicted molar refractivity (Wildman–Crippen MR) is 159 cm³/mol. The third kappa shape index (κ3) is 6.32. The van der Waals surface area contributed by atoms with Gasteiger partial charge < -0.3 is 34.3 Å². The molecular formula is C30H31FN7O7+. The highest BCUT2D eigenvalue weighted by atomic mass is 19.1. The Bertz CT molecular complexity index is 1710. The van der Waals surface area contributed by atoms with Crippen LogP contribution in [-0.2, 0) is 9.53 Å². The summed E-state index contributed by atoms with van der Waals surface area (Å²) in [5.74, 6) is -0.412. The number of ether oxygens (including phenoxy) is 5. The lowest BCUT2D eigenvalue weighted by Gasteiger charge is -2.30. The highest BCUT2D eigenvalue weighted by molar-refractivity contribution is 5.99. The van der Waals surface area contributed by atoms with E-state index in [1.807, 2.05) is 6.07 Å². The van der Waals surface area contributed by atoms with E-state index in [0.29, 0.717) is 5.75 Å². The Balaban J connectivity index is 1.54. The van der Waals surface area contributed by atoms with Crippen molar-refractivity contribution in [3.8, 4) is 23.0 Å². The van der Waals surface area contributed by atoms with E-state index in [1.165, 1.54) is 39.5 Å². The predicted octanol–water partition coefficient (Wildman–Crippen LogP) is 4.67. The summed E-state index contributed by atoms with van der Waals surface area (Å²) >= 11 is 0. The number of benzene rings is 1. The summed E-state index contributed by atoms with van der Waals surface area (Å²) in [6.45, 7) is 4.92. The molecule has 1 unspecified atom stereocenters. The Morgan fingerprint density at radius 3 is 2.40 bits per heavy atom. The Hall–Kier alpha value is -5.73. The van der Waals surface area contributed by atoms with Gasteiger partial charge in [0.25, 0.3) is 5.91 Å². The van der Waals surface area contributed by atoms with E-state index in [9.17, 15) is 9.59 Å². The van der Waals surface area contributed by atoms with Gasteiger partial charge in [0.15, 0.2) is 52.7 Å². The Labute approximate surface area is 257 Å². The topological polar surface area (TPSA) is 150 Å². The maximum absolute atomic E-state index is 15.1. The highest BCUT2D eigenvalue weighted by Crippen LogP contribution is 2.42. The summed E-state index contributed by atoms with van der Waals surface area (Å²) in [5, 5.41) is 5.45. The Kier molecular flexibility index (Phi) is 8.52. The van der Waals surface area contributed by atoms with E-state index in [2.05, 4.69) is 25.6 Å². The van der Waals surface area contributed by atoms with Gasteiger partial charge in [-0.05, 0) is 26.0 Å². The van der Waals surface area contributed by atoms with Crippen molar-refractivity contribution in [3.05, 3.63) is 66.9 Å². The first-order valence-electron chi connectivity index (χ1n) is 13.6. The van der Waals surface area contributed by atoms with E-state index in [4.69, 9.17) is 23.7 Å². The molecule has 5 rings (SSSR count). The first-order valence-corrected chi connectivity index (χ1v) is 13.6. The molecule has 45 heavy (non-hydrogen) atoms. The minimum absolute atomic E-state index is 0.136. The number of nitrogens with one attached hydrogen (secondary N) is 2. The molecule has 4 heterocycles. The minimum atomic E-state index is -1.08. The van der Waals surface area contributed by atoms with Crippen LogP contribution < -0.4 is 39.0 Å². The first-order chi connectivity index (χ1) is 21.5. The number of fused-ring (bicyclic) bond motifs is 1. The van der Waals surface area contributed by atoms with Crippen molar-refractivity contribution in [1.29, 1.82) is 0 Å². The number of hydrogen-bond acceptors (Lipinski definition) is 11. The van der Waals surface area contributed by atoms with Gasteiger partial charge >= 0.3 is 12.3 Å². The zero-order chi connectivity index (χ0) is 32.3. The third-order valence-corrected chi connectivity index (χ3v) is 6.70. The lowest BCUT2D eigenvalue weighted by atomic mass is 10.1. The molecule has 14 nitrogen and oxygen atoms in total. The van der Waals surface area contributed by atoms with Crippen molar-refractivity contribution < 1.29 is 42.2 Å². The van der Waals surface area contributed by atoms with Gasteiger partial charge in [-0.15, -0.1) is 0 Å². The van der Waals surface area contributed by atoms with Crippen molar-refractivity contribution in [3.63, 3.8) is 0 Å². The molecular weight excluding hydrogens is 589 g/mol. The summed E-state index contributed by atoms with van der Waals surface area (Å²) in [7, 11) is 4.29. The molecule has 0 fully saturated rings. The van der Waals surface area contributed by atoms with Gasteiger partial charge in [-0.2, -0.15) is 9.55 Å². The van der Waals surface area contributed by atoms with Crippen LogP contribution in [0.25, 0.3) is 0 Å². The average molecular weight is 621 g/mol. The fraction of sp³-hybridized carbons (Fsp3) is 0.267. The molecule has 0 bridgehead atoms. The summed E-state index contributed by atoms with van der Waals surface area (Å²) in [5.41, 5.74) is -0.912. The molecule has 0 radical (unpaired) electrons. The van der Waals surface area contributed by atoms with E-state index >= 15 is 4.39 Å². The van der Waals surface area contributed by atoms with Gasteiger partial charge in [0.1, 0.15) is 5.82 Å². The number of halogens is 1. The largest absolute Gasteiger partial charge is 0.493 e. The number of carbonyl (C=O) groups is 2. The van der Waals surface area contributed by atoms with E-state index in [0.717, 1.165) is 11.1 Å². The molecule has 0 saturated carbocycles. The molecule has 15 heteroatoms. The zero-order valence-corrected chi connectivity index (χ0v) is 25.3. The van der Waals surface area contributed by atoms with Gasteiger partial charge in [-0.25, -0.2) is 24.1 Å². The van der Waals surface area contributed by atoms with Crippen LogP contribution in [-0.4, -0.2) is 53.9 Å². The minimum Gasteiger partial charge on any atom is -0.493 e. The lowest BCUT2D eigenvalue weighted by molar-refractivity contribution is -0.752. The van der Waals surface area contributed by atoms with E-state index in [-0.39, 0.29) is 46.3 Å². The van der Waals surface area contributed by atoms with Gasteiger partial charge in [-0.3, -0.25) is 4.79 Å². The summed E-state index contributed by atoms with van der Waals surface area (Å²) in [6, 6.07) is 11.5. The normalized spacial score (nSPS) is 13.8. The molecule has 0 aliphatic carbocycles. The fourth-order valence-corrected chi connectivity index (χ4v) is 4.35. The summed E-state index contributed by atoms with van der Waals surface area (Å²) in [6.07, 6.45) is 2.73. The molecule has 2 N–H and O–H groups in total. The summed E-state index contributed by atoms with van der Waals surface area (Å²) < 4.78 is 44.6. The highest BCUT2D eigenvalue weighted by Gasteiger charge is 2.36. The van der Waals surface area contributed by atoms with Crippen molar-refractivity contribution >= 4 is 41.1 Å². The van der Waals surface area contributed by atoms with Crippen molar-refractivity contribution in [2.45, 2.75) is 32.6 Å². The van der Waals surface area contributed by atoms with Crippen LogP contribution in [0, 0.1) is 5.82 Å². The number of amides is 2. The molecule has 0 saturated heterocycles. The SMILES string of the molecule is COc1cc(N(C(=O)OC(C)[n+]2ccccc2)c2ncc(F)c(Nc3ccc4c(n3)NC(=O)C(C)(C)O4)n2)cc(OC)c1OC. The molecule has 2 amide bonds. The maximum Gasteiger partial charge on any atom is 0.426 e. The second-order valence-electron chi connectivity index (χ2n) is 10.1. The fourth-order valence-electron chi connectivity index (χ4n) is 4.35. The second-order valence-corrected chi connectivity index (χ2v) is 10.1. The van der Waals surface area contributed by atoms with Gasteiger partial charge in [0.05, 0.1) is 33.2 Å². The van der Waals surface area contributed by atoms with Crippen molar-refractivity contribution in [2.75, 3.05) is 36.9 Å². The first kappa shape index (κ1) is 30.7. The van der Waals surface area contributed by atoms with Crippen LogP contribution >= 0.6 is 0 Å². The van der Waals surface area contributed by atoms with Crippen LogP contribution in [0.1, 0.15) is 27.0 Å². The van der Waals surface area contributed by atoms with Crippen LogP contribution in [0.5, 0.6) is 23.0 Å². The zero-order valence-electron chi connectivity index (χ0n) is 25.3. The molecule has 0 spiro atoms. The molecule has 1 aliphatic rings. The van der Waals surface area contributed by atoms with E-state index in [1.54, 1.807) is 55.9 Å². The lowest BCUT2D eigenvalue weighted by Crippen LogP contribution is -2.46. The molecule has 1 aromatic carbocycles.